The molecular formula is C16H18N2O3S2. The van der Waals surface area contributed by atoms with Crippen LogP contribution in [0, 0.1) is 0 Å². The second-order valence-electron chi connectivity index (χ2n) is 5.88. The lowest BCUT2D eigenvalue weighted by atomic mass is 10.2. The smallest absolute Gasteiger partial charge is 0.316 e. The van der Waals surface area contributed by atoms with Crippen molar-refractivity contribution in [3.63, 3.8) is 0 Å². The molecule has 3 rings (SSSR count). The van der Waals surface area contributed by atoms with Crippen molar-refractivity contribution in [2.24, 2.45) is 0 Å². The Morgan fingerprint density at radius 2 is 2.26 bits per heavy atom. The zero-order valence-electron chi connectivity index (χ0n) is 13.1. The first kappa shape index (κ1) is 16.3. The van der Waals surface area contributed by atoms with Gasteiger partial charge in [0.15, 0.2) is 5.16 Å². The molecular weight excluding hydrogens is 332 g/mol. The maximum atomic E-state index is 13.0. The number of allylic oxidation sites excluding steroid dienone is 1. The number of carbonyl (C=O) groups is 1. The third-order valence-electron chi connectivity index (χ3n) is 3.85. The normalized spacial score (nSPS) is 14.9. The van der Waals surface area contributed by atoms with Crippen LogP contribution in [0.2, 0.25) is 0 Å². The number of thiophene rings is 1. The van der Waals surface area contributed by atoms with Gasteiger partial charge in [0.1, 0.15) is 10.1 Å². The molecule has 1 N–H and O–H groups in total. The van der Waals surface area contributed by atoms with E-state index < -0.39 is 11.2 Å². The average molecular weight is 350 g/mol. The molecule has 0 aliphatic heterocycles. The zero-order chi connectivity index (χ0) is 16.7. The van der Waals surface area contributed by atoms with Gasteiger partial charge in [-0.1, -0.05) is 23.9 Å². The minimum absolute atomic E-state index is 0.0718. The summed E-state index contributed by atoms with van der Waals surface area (Å²) < 4.78 is 1.57. The van der Waals surface area contributed by atoms with Crippen molar-refractivity contribution in [3.05, 3.63) is 32.9 Å². The van der Waals surface area contributed by atoms with E-state index in [4.69, 9.17) is 5.11 Å². The molecule has 5 nitrogen and oxygen atoms in total. The van der Waals surface area contributed by atoms with E-state index in [1.165, 1.54) is 4.88 Å². The van der Waals surface area contributed by atoms with Crippen molar-refractivity contribution in [2.45, 2.75) is 50.1 Å². The van der Waals surface area contributed by atoms with Gasteiger partial charge in [0, 0.05) is 11.4 Å². The number of hydrogen-bond donors (Lipinski definition) is 1. The number of rotatable bonds is 5. The number of aromatic nitrogens is 2. The summed E-state index contributed by atoms with van der Waals surface area (Å²) in [5.74, 6) is -0.917. The third kappa shape index (κ3) is 2.95. The summed E-state index contributed by atoms with van der Waals surface area (Å²) in [5.41, 5.74) is 1.91. The monoisotopic (exact) mass is 350 g/mol. The predicted octanol–water partition coefficient (Wildman–Crippen LogP) is 3.09. The van der Waals surface area contributed by atoms with E-state index in [9.17, 15) is 9.59 Å². The van der Waals surface area contributed by atoms with Crippen LogP contribution in [0.4, 0.5) is 0 Å². The van der Waals surface area contributed by atoms with E-state index in [2.05, 4.69) is 11.6 Å². The molecule has 122 valence electrons. The van der Waals surface area contributed by atoms with Crippen molar-refractivity contribution < 1.29 is 9.90 Å². The summed E-state index contributed by atoms with van der Waals surface area (Å²) in [6.45, 7) is 7.69. The molecule has 1 aliphatic rings. The van der Waals surface area contributed by atoms with Gasteiger partial charge in [0.2, 0.25) is 0 Å². The first-order chi connectivity index (χ1) is 10.9. The van der Waals surface area contributed by atoms with Crippen molar-refractivity contribution >= 4 is 39.3 Å². The molecule has 23 heavy (non-hydrogen) atoms. The Morgan fingerprint density at radius 3 is 2.91 bits per heavy atom. The van der Waals surface area contributed by atoms with E-state index >= 15 is 0 Å². The first-order valence-corrected chi connectivity index (χ1v) is 9.17. The Hall–Kier alpha value is -1.60. The topological polar surface area (TPSA) is 72.2 Å². The Bertz CT molecular complexity index is 866. The van der Waals surface area contributed by atoms with Gasteiger partial charge < -0.3 is 5.11 Å². The standard InChI is InChI=1S/C16H18N2O3S2/c1-8(2)7-18-14(19)12-10-5-4-6-11(10)23-13(12)17-16(18)22-9(3)15(20)21/h9H,1,4-7H2,2-3H3,(H,20,21). The van der Waals surface area contributed by atoms with Gasteiger partial charge in [0.05, 0.1) is 5.39 Å². The summed E-state index contributed by atoms with van der Waals surface area (Å²) >= 11 is 2.68. The molecule has 0 bridgehead atoms. The van der Waals surface area contributed by atoms with Crippen LogP contribution < -0.4 is 5.56 Å². The molecule has 1 unspecified atom stereocenters. The highest BCUT2D eigenvalue weighted by Gasteiger charge is 2.24. The predicted molar refractivity (Wildman–Crippen MR) is 93.7 cm³/mol. The van der Waals surface area contributed by atoms with Gasteiger partial charge in [-0.15, -0.1) is 11.3 Å². The number of fused-ring (bicyclic) bond motifs is 3. The summed E-state index contributed by atoms with van der Waals surface area (Å²) in [4.78, 5) is 30.7. The molecule has 0 spiro atoms. The first-order valence-electron chi connectivity index (χ1n) is 7.47. The number of aliphatic carboxylic acids is 1. The maximum absolute atomic E-state index is 13.0. The number of nitrogens with zero attached hydrogens (tertiary/aromatic N) is 2. The van der Waals surface area contributed by atoms with Crippen LogP contribution in [0.15, 0.2) is 22.1 Å². The molecule has 2 aromatic rings. The number of carboxylic acids is 1. The molecule has 1 atom stereocenters. The quantitative estimate of drug-likeness (QED) is 0.510. The van der Waals surface area contributed by atoms with Gasteiger partial charge in [-0.05, 0) is 38.7 Å². The van der Waals surface area contributed by atoms with Crippen molar-refractivity contribution in [2.75, 3.05) is 0 Å². The number of hydrogen-bond acceptors (Lipinski definition) is 5. The molecule has 0 saturated heterocycles. The largest absolute Gasteiger partial charge is 0.480 e. The molecule has 0 radical (unpaired) electrons. The van der Waals surface area contributed by atoms with Gasteiger partial charge in [-0.25, -0.2) is 4.98 Å². The number of carboxylic acid groups (broad SMARTS) is 1. The van der Waals surface area contributed by atoms with Gasteiger partial charge >= 0.3 is 5.97 Å². The van der Waals surface area contributed by atoms with Crippen LogP contribution in [0.1, 0.15) is 30.7 Å². The fourth-order valence-corrected chi connectivity index (χ4v) is 4.91. The molecule has 0 saturated carbocycles. The highest BCUT2D eigenvalue weighted by atomic mass is 32.2. The summed E-state index contributed by atoms with van der Waals surface area (Å²) in [6.07, 6.45) is 3.02. The molecule has 2 heterocycles. The van der Waals surface area contributed by atoms with Crippen LogP contribution in [0.3, 0.4) is 0 Å². The zero-order valence-corrected chi connectivity index (χ0v) is 14.7. The number of aryl methyl sites for hydroxylation is 2. The van der Waals surface area contributed by atoms with Crippen LogP contribution in [0.25, 0.3) is 10.2 Å². The molecule has 2 aromatic heterocycles. The van der Waals surface area contributed by atoms with E-state index in [1.807, 2.05) is 6.92 Å². The van der Waals surface area contributed by atoms with E-state index in [0.29, 0.717) is 11.7 Å². The fourth-order valence-electron chi connectivity index (χ4n) is 2.77. The van der Waals surface area contributed by atoms with Crippen LogP contribution in [-0.2, 0) is 24.2 Å². The molecule has 0 aromatic carbocycles. The van der Waals surface area contributed by atoms with Crippen LogP contribution in [0.5, 0.6) is 0 Å². The summed E-state index contributed by atoms with van der Waals surface area (Å²) in [5, 5.41) is 9.66. The maximum Gasteiger partial charge on any atom is 0.316 e. The molecule has 7 heteroatoms. The highest BCUT2D eigenvalue weighted by molar-refractivity contribution is 8.00. The Morgan fingerprint density at radius 1 is 1.52 bits per heavy atom. The van der Waals surface area contributed by atoms with E-state index in [1.54, 1.807) is 22.8 Å². The van der Waals surface area contributed by atoms with E-state index in [-0.39, 0.29) is 5.56 Å². The van der Waals surface area contributed by atoms with Gasteiger partial charge in [-0.2, -0.15) is 0 Å². The Labute approximate surface area is 142 Å². The Balaban J connectivity index is 2.19. The van der Waals surface area contributed by atoms with Crippen LogP contribution in [-0.4, -0.2) is 25.9 Å². The summed E-state index contributed by atoms with van der Waals surface area (Å²) in [7, 11) is 0. The minimum Gasteiger partial charge on any atom is -0.480 e. The lowest BCUT2D eigenvalue weighted by Crippen LogP contribution is -2.25. The van der Waals surface area contributed by atoms with Crippen molar-refractivity contribution in [1.29, 1.82) is 0 Å². The average Bonchev–Trinajstić information content (AvgIpc) is 3.02. The highest BCUT2D eigenvalue weighted by Crippen LogP contribution is 2.36. The summed E-state index contributed by atoms with van der Waals surface area (Å²) in [6, 6.07) is 0. The lowest BCUT2D eigenvalue weighted by Gasteiger charge is -2.13. The number of thioether (sulfide) groups is 1. The van der Waals surface area contributed by atoms with Gasteiger partial charge in [-0.3, -0.25) is 14.2 Å². The molecule has 0 fully saturated rings. The fraction of sp³-hybridized carbons (Fsp3) is 0.438. The van der Waals surface area contributed by atoms with Crippen molar-refractivity contribution in [3.8, 4) is 0 Å². The SMILES string of the molecule is C=C(C)Cn1c(SC(C)C(=O)O)nc2sc3c(c2c1=O)CCC3. The Kier molecular flexibility index (Phi) is 4.33. The van der Waals surface area contributed by atoms with Crippen LogP contribution >= 0.6 is 23.1 Å². The molecule has 1 aliphatic carbocycles. The second kappa shape index (κ2) is 6.13. The van der Waals surface area contributed by atoms with Crippen molar-refractivity contribution in [1.82, 2.24) is 9.55 Å². The molecule has 0 amide bonds. The van der Waals surface area contributed by atoms with E-state index in [0.717, 1.165) is 52.4 Å². The third-order valence-corrected chi connectivity index (χ3v) is 6.11. The lowest BCUT2D eigenvalue weighted by molar-refractivity contribution is -0.136. The second-order valence-corrected chi connectivity index (χ2v) is 8.27. The minimum atomic E-state index is -0.917. The van der Waals surface area contributed by atoms with Gasteiger partial charge in [0.25, 0.3) is 5.56 Å².